The van der Waals surface area contributed by atoms with Gasteiger partial charge in [0, 0.05) is 37.4 Å². The first-order chi connectivity index (χ1) is 20.3. The molecule has 0 spiro atoms. The van der Waals surface area contributed by atoms with Crippen molar-refractivity contribution in [2.24, 2.45) is 0 Å². The van der Waals surface area contributed by atoms with E-state index in [0.29, 0.717) is 44.9 Å². The van der Waals surface area contributed by atoms with E-state index < -0.39 is 11.8 Å². The summed E-state index contributed by atoms with van der Waals surface area (Å²) < 4.78 is 5.70. The first kappa shape index (κ1) is 30.7. The molecule has 0 aromatic heterocycles. The number of carbonyl (C=O) groups is 3. The molecule has 214 valence electrons. The number of ether oxygens (including phenoxy) is 1. The van der Waals surface area contributed by atoms with Crippen molar-refractivity contribution in [1.29, 1.82) is 0 Å². The van der Waals surface area contributed by atoms with Crippen LogP contribution in [0, 0.1) is 0 Å². The molecule has 0 aliphatic carbocycles. The Morgan fingerprint density at radius 3 is 2.26 bits per heavy atom. The summed E-state index contributed by atoms with van der Waals surface area (Å²) in [4.78, 5) is 39.7. The van der Waals surface area contributed by atoms with Crippen LogP contribution in [0.15, 0.2) is 108 Å². The number of para-hydroxylation sites is 1. The molecule has 0 fully saturated rings. The molecular formula is C32H27Cl2N3O4S. The normalized spacial score (nSPS) is 11.0. The lowest BCUT2D eigenvalue weighted by molar-refractivity contribution is -0.114. The van der Waals surface area contributed by atoms with Crippen LogP contribution in [-0.2, 0) is 9.59 Å². The van der Waals surface area contributed by atoms with Crippen molar-refractivity contribution < 1.29 is 19.1 Å². The largest absolute Gasteiger partial charge is 0.493 e. The molecule has 0 heterocycles. The number of amides is 3. The van der Waals surface area contributed by atoms with Crippen LogP contribution in [0.4, 0.5) is 11.4 Å². The maximum absolute atomic E-state index is 13.5. The van der Waals surface area contributed by atoms with Gasteiger partial charge in [-0.05, 0) is 67.6 Å². The Hall–Kier alpha value is -4.24. The molecule has 4 aromatic rings. The summed E-state index contributed by atoms with van der Waals surface area (Å²) in [5, 5.41) is 9.19. The minimum Gasteiger partial charge on any atom is -0.493 e. The molecule has 4 aromatic carbocycles. The molecule has 7 nitrogen and oxygen atoms in total. The maximum atomic E-state index is 13.5. The molecule has 0 aliphatic rings. The summed E-state index contributed by atoms with van der Waals surface area (Å²) >= 11 is 13.3. The predicted octanol–water partition coefficient (Wildman–Crippen LogP) is 7.53. The van der Waals surface area contributed by atoms with Crippen molar-refractivity contribution >= 4 is 70.1 Å². The van der Waals surface area contributed by atoms with Gasteiger partial charge in [-0.1, -0.05) is 65.7 Å². The highest BCUT2D eigenvalue weighted by molar-refractivity contribution is 8.00. The number of nitrogens with one attached hydrogen (secondary N) is 3. The molecule has 0 radical (unpaired) electrons. The Morgan fingerprint density at radius 2 is 1.52 bits per heavy atom. The Morgan fingerprint density at radius 1 is 0.810 bits per heavy atom. The smallest absolute Gasteiger partial charge is 0.272 e. The topological polar surface area (TPSA) is 96.5 Å². The lowest BCUT2D eigenvalue weighted by Gasteiger charge is -2.13. The van der Waals surface area contributed by atoms with E-state index in [1.807, 2.05) is 25.1 Å². The van der Waals surface area contributed by atoms with Gasteiger partial charge in [-0.3, -0.25) is 14.4 Å². The van der Waals surface area contributed by atoms with Crippen LogP contribution in [0.5, 0.6) is 5.75 Å². The second-order valence-electron chi connectivity index (χ2n) is 8.83. The molecular weight excluding hydrogens is 593 g/mol. The second-order valence-corrected chi connectivity index (χ2v) is 10.7. The Balaban J connectivity index is 1.48. The molecule has 0 saturated carbocycles. The van der Waals surface area contributed by atoms with Gasteiger partial charge in [0.15, 0.2) is 0 Å². The van der Waals surface area contributed by atoms with E-state index in [4.69, 9.17) is 27.9 Å². The fraction of sp³-hybridized carbons (Fsp3) is 0.0938. The molecule has 0 saturated heterocycles. The number of hydrogen-bond donors (Lipinski definition) is 3. The van der Waals surface area contributed by atoms with Gasteiger partial charge in [-0.2, -0.15) is 0 Å². The summed E-state index contributed by atoms with van der Waals surface area (Å²) in [5.74, 6) is -0.496. The third-order valence-electron chi connectivity index (χ3n) is 5.66. The zero-order valence-electron chi connectivity index (χ0n) is 22.5. The van der Waals surface area contributed by atoms with Crippen molar-refractivity contribution in [3.8, 4) is 5.75 Å². The Labute approximate surface area is 258 Å². The number of hydrogen-bond acceptors (Lipinski definition) is 5. The van der Waals surface area contributed by atoms with Crippen LogP contribution in [-0.4, -0.2) is 30.1 Å². The van der Waals surface area contributed by atoms with Gasteiger partial charge in [-0.15, -0.1) is 11.8 Å². The van der Waals surface area contributed by atoms with E-state index in [1.54, 1.807) is 84.9 Å². The number of carbonyl (C=O) groups excluding carboxylic acids is 3. The average molecular weight is 621 g/mol. The zero-order valence-corrected chi connectivity index (χ0v) is 24.9. The number of halogens is 2. The zero-order chi connectivity index (χ0) is 29.9. The third-order valence-corrected chi connectivity index (χ3v) is 7.09. The highest BCUT2D eigenvalue weighted by Gasteiger charge is 2.16. The lowest BCUT2D eigenvalue weighted by atomic mass is 10.1. The molecule has 0 bridgehead atoms. The fourth-order valence-corrected chi connectivity index (χ4v) is 5.10. The summed E-state index contributed by atoms with van der Waals surface area (Å²) in [6, 6.07) is 27.7. The number of benzene rings is 4. The summed E-state index contributed by atoms with van der Waals surface area (Å²) in [6.07, 6.45) is 1.58. The van der Waals surface area contributed by atoms with E-state index in [0.717, 1.165) is 4.90 Å². The van der Waals surface area contributed by atoms with Crippen LogP contribution in [0.3, 0.4) is 0 Å². The monoisotopic (exact) mass is 619 g/mol. The van der Waals surface area contributed by atoms with Crippen LogP contribution in [0.2, 0.25) is 10.0 Å². The van der Waals surface area contributed by atoms with Crippen molar-refractivity contribution in [2.45, 2.75) is 11.8 Å². The van der Waals surface area contributed by atoms with Crippen molar-refractivity contribution in [2.75, 3.05) is 23.0 Å². The predicted molar refractivity (Wildman–Crippen MR) is 170 cm³/mol. The van der Waals surface area contributed by atoms with Crippen LogP contribution < -0.4 is 20.7 Å². The molecule has 0 atom stereocenters. The van der Waals surface area contributed by atoms with Crippen LogP contribution in [0.25, 0.3) is 6.08 Å². The maximum Gasteiger partial charge on any atom is 0.272 e. The quantitative estimate of drug-likeness (QED) is 0.119. The van der Waals surface area contributed by atoms with E-state index in [-0.39, 0.29) is 17.4 Å². The number of rotatable bonds is 11. The molecule has 42 heavy (non-hydrogen) atoms. The van der Waals surface area contributed by atoms with E-state index in [9.17, 15) is 14.4 Å². The average Bonchev–Trinajstić information content (AvgIpc) is 2.97. The number of anilines is 2. The highest BCUT2D eigenvalue weighted by Crippen LogP contribution is 2.25. The van der Waals surface area contributed by atoms with E-state index in [2.05, 4.69) is 16.0 Å². The van der Waals surface area contributed by atoms with Crippen molar-refractivity contribution in [3.63, 3.8) is 0 Å². The first-order valence-corrected chi connectivity index (χ1v) is 14.6. The molecule has 0 aliphatic heterocycles. The standard InChI is InChI=1S/C32H27Cl2N3O4S/c1-2-41-29-14-7-6-11-22(29)15-28(37-31(39)21-9-4-3-5-10-21)32(40)36-25-12-8-13-27(19-25)42-20-30(38)35-26-17-23(33)16-24(34)18-26/h3-19H,2,20H2,1H3,(H,35,38)(H,36,40)(H,37,39)/b28-15+. The van der Waals surface area contributed by atoms with Crippen molar-refractivity contribution in [1.82, 2.24) is 5.32 Å². The Bertz CT molecular complexity index is 1590. The third kappa shape index (κ3) is 9.14. The first-order valence-electron chi connectivity index (χ1n) is 12.9. The van der Waals surface area contributed by atoms with E-state index in [1.165, 1.54) is 11.8 Å². The van der Waals surface area contributed by atoms with Gasteiger partial charge in [0.05, 0.1) is 12.4 Å². The SMILES string of the molecule is CCOc1ccccc1/C=C(/NC(=O)c1ccccc1)C(=O)Nc1cccc(SCC(=O)Nc2cc(Cl)cc(Cl)c2)c1. The lowest BCUT2D eigenvalue weighted by Crippen LogP contribution is -2.30. The summed E-state index contributed by atoms with van der Waals surface area (Å²) in [7, 11) is 0. The molecule has 3 amide bonds. The molecule has 10 heteroatoms. The minimum absolute atomic E-state index is 0.0358. The Kier molecular flexibility index (Phi) is 11.1. The molecule has 0 unspecified atom stereocenters. The van der Waals surface area contributed by atoms with Crippen LogP contribution >= 0.6 is 35.0 Å². The fourth-order valence-electron chi connectivity index (χ4n) is 3.82. The van der Waals surface area contributed by atoms with Gasteiger partial charge in [0.25, 0.3) is 11.8 Å². The van der Waals surface area contributed by atoms with Crippen molar-refractivity contribution in [3.05, 3.63) is 124 Å². The highest BCUT2D eigenvalue weighted by atomic mass is 35.5. The number of thioether (sulfide) groups is 1. The summed E-state index contributed by atoms with van der Waals surface area (Å²) in [6.45, 7) is 2.31. The van der Waals surface area contributed by atoms with Gasteiger partial charge in [0.2, 0.25) is 5.91 Å². The van der Waals surface area contributed by atoms with Gasteiger partial charge in [0.1, 0.15) is 11.4 Å². The van der Waals surface area contributed by atoms with Gasteiger partial charge in [-0.25, -0.2) is 0 Å². The van der Waals surface area contributed by atoms with Gasteiger partial charge < -0.3 is 20.7 Å². The minimum atomic E-state index is -0.525. The second kappa shape index (κ2) is 15.1. The summed E-state index contributed by atoms with van der Waals surface area (Å²) in [5.41, 5.74) is 2.07. The van der Waals surface area contributed by atoms with Crippen LogP contribution in [0.1, 0.15) is 22.8 Å². The van der Waals surface area contributed by atoms with Gasteiger partial charge >= 0.3 is 0 Å². The van der Waals surface area contributed by atoms with E-state index >= 15 is 0 Å². The molecule has 3 N–H and O–H groups in total. The molecule has 4 rings (SSSR count).